The molecule has 1 saturated heterocycles. The van der Waals surface area contributed by atoms with Gasteiger partial charge in [-0.05, 0) is 0 Å². The fraction of sp³-hybridized carbons (Fsp3) is 1.00. The van der Waals surface area contributed by atoms with E-state index in [1.54, 1.807) is 0 Å². The van der Waals surface area contributed by atoms with Crippen molar-refractivity contribution in [2.24, 2.45) is 0 Å². The molecule has 0 bridgehead atoms. The van der Waals surface area contributed by atoms with Crippen LogP contribution in [0.15, 0.2) is 0 Å². The predicted molar refractivity (Wildman–Crippen MR) is 27.5 cm³/mol. The Bertz CT molecular complexity index is 195. The van der Waals surface area contributed by atoms with Crippen molar-refractivity contribution in [3.05, 3.63) is 0 Å². The quantitative estimate of drug-likeness (QED) is 0.587. The monoisotopic (exact) mass is 190 g/mol. The Labute approximate surface area is 65.2 Å². The molecule has 0 N–H and O–H groups in total. The van der Waals surface area contributed by atoms with Crippen molar-refractivity contribution in [1.29, 1.82) is 0 Å². The maximum Gasteiger partial charge on any atom is 0.493 e. The summed E-state index contributed by atoms with van der Waals surface area (Å²) in [6, 6.07) is -3.57. The van der Waals surface area contributed by atoms with Crippen molar-refractivity contribution in [1.82, 2.24) is 0 Å². The first-order valence-electron chi connectivity index (χ1n) is 2.93. The molecule has 0 aromatic rings. The van der Waals surface area contributed by atoms with Crippen LogP contribution in [0.4, 0.5) is 17.6 Å². The maximum absolute atomic E-state index is 12.9. The van der Waals surface area contributed by atoms with Crippen LogP contribution in [0, 0.1) is 0 Å². The van der Waals surface area contributed by atoms with Crippen LogP contribution in [0.5, 0.6) is 0 Å². The molecular weight excluding hydrogens is 184 g/mol. The van der Waals surface area contributed by atoms with Crippen LogP contribution in [-0.4, -0.2) is 25.3 Å². The van der Waals surface area contributed by atoms with Gasteiger partial charge >= 0.3 is 12.3 Å². The smallest absolute Gasteiger partial charge is 0.323 e. The first-order valence-corrected chi connectivity index (χ1v) is 2.93. The molecule has 0 spiro atoms. The highest BCUT2D eigenvalue weighted by molar-refractivity contribution is 4.80. The van der Waals surface area contributed by atoms with E-state index in [0.717, 1.165) is 0 Å². The summed E-state index contributed by atoms with van der Waals surface area (Å²) in [6.07, 6.45) is -4.31. The maximum atomic E-state index is 12.9. The highest BCUT2D eigenvalue weighted by Crippen LogP contribution is 2.47. The molecule has 72 valence electrons. The van der Waals surface area contributed by atoms with Gasteiger partial charge in [0.2, 0.25) is 0 Å². The Morgan fingerprint density at radius 1 is 1.08 bits per heavy atom. The molecule has 0 aromatic heterocycles. The topological polar surface area (TPSA) is 27.7 Å². The van der Waals surface area contributed by atoms with E-state index in [4.69, 9.17) is 0 Å². The van der Waals surface area contributed by atoms with Crippen LogP contribution in [0.25, 0.3) is 0 Å². The predicted octanol–water partition coefficient (Wildman–Crippen LogP) is 1.54. The van der Waals surface area contributed by atoms with E-state index < -0.39 is 18.2 Å². The minimum atomic E-state index is -4.31. The van der Waals surface area contributed by atoms with Gasteiger partial charge in [0.15, 0.2) is 0 Å². The van der Waals surface area contributed by atoms with Gasteiger partial charge in [0.25, 0.3) is 5.85 Å². The van der Waals surface area contributed by atoms with Crippen molar-refractivity contribution < 1.29 is 31.8 Å². The number of rotatable bonds is 1. The molecule has 0 aliphatic carbocycles. The van der Waals surface area contributed by atoms with Crippen LogP contribution < -0.4 is 0 Å². The normalized spacial score (nSPS) is 46.5. The van der Waals surface area contributed by atoms with Gasteiger partial charge in [-0.2, -0.15) is 4.39 Å². The van der Waals surface area contributed by atoms with Crippen LogP contribution in [-0.2, 0) is 14.2 Å². The molecule has 2 atom stereocenters. The lowest BCUT2D eigenvalue weighted by Gasteiger charge is -2.22. The third-order valence-corrected chi connectivity index (χ3v) is 1.36. The first kappa shape index (κ1) is 9.69. The van der Waals surface area contributed by atoms with E-state index in [2.05, 4.69) is 14.2 Å². The molecule has 1 heterocycles. The van der Waals surface area contributed by atoms with E-state index in [1.807, 2.05) is 0 Å². The molecule has 1 fully saturated rings. The Balaban J connectivity index is 2.92. The van der Waals surface area contributed by atoms with E-state index >= 15 is 0 Å². The van der Waals surface area contributed by atoms with Gasteiger partial charge in [0, 0.05) is 14.0 Å². The zero-order valence-electron chi connectivity index (χ0n) is 6.24. The minimum absolute atomic E-state index is 0.442. The number of alkyl halides is 4. The highest BCUT2D eigenvalue weighted by atomic mass is 19.3. The molecule has 3 nitrogen and oxygen atoms in total. The second-order valence-electron chi connectivity index (χ2n) is 2.32. The summed E-state index contributed by atoms with van der Waals surface area (Å²) in [4.78, 5) is 0. The Morgan fingerprint density at radius 3 is 1.75 bits per heavy atom. The average molecular weight is 190 g/mol. The molecule has 1 aliphatic heterocycles. The molecule has 1 rings (SSSR count). The van der Waals surface area contributed by atoms with E-state index in [0.29, 0.717) is 14.0 Å². The summed E-state index contributed by atoms with van der Waals surface area (Å²) in [5, 5.41) is 0. The largest absolute Gasteiger partial charge is 0.493 e. The summed E-state index contributed by atoms with van der Waals surface area (Å²) in [5.74, 6) is -3.33. The zero-order chi connectivity index (χ0) is 9.62. The third-order valence-electron chi connectivity index (χ3n) is 1.36. The van der Waals surface area contributed by atoms with Crippen molar-refractivity contribution in [2.45, 2.75) is 25.1 Å². The average Bonchev–Trinajstić information content (AvgIpc) is 1.98. The summed E-state index contributed by atoms with van der Waals surface area (Å²) in [6.45, 7) is 0.442. The SMILES string of the molecule is COC1(F)OC(F)(F)OC1(C)F. The second kappa shape index (κ2) is 2.30. The van der Waals surface area contributed by atoms with Gasteiger partial charge in [0.1, 0.15) is 0 Å². The highest BCUT2D eigenvalue weighted by Gasteiger charge is 2.70. The molecule has 0 aromatic carbocycles. The summed E-state index contributed by atoms with van der Waals surface area (Å²) >= 11 is 0. The number of methoxy groups -OCH3 is 1. The lowest BCUT2D eigenvalue weighted by atomic mass is 10.3. The fourth-order valence-corrected chi connectivity index (χ4v) is 0.773. The standard InChI is InChI=1S/C5H6F4O3/c1-3(6)4(7,10-2)12-5(8,9)11-3/h1-2H3. The molecule has 12 heavy (non-hydrogen) atoms. The minimum Gasteiger partial charge on any atom is -0.323 e. The van der Waals surface area contributed by atoms with Crippen LogP contribution in [0.3, 0.4) is 0 Å². The lowest BCUT2D eigenvalue weighted by molar-refractivity contribution is -0.404. The molecule has 7 heteroatoms. The van der Waals surface area contributed by atoms with Crippen LogP contribution in [0.1, 0.15) is 6.92 Å². The first-order chi connectivity index (χ1) is 5.22. The summed E-state index contributed by atoms with van der Waals surface area (Å²) < 4.78 is 60.3. The Kier molecular flexibility index (Phi) is 1.86. The fourth-order valence-electron chi connectivity index (χ4n) is 0.773. The van der Waals surface area contributed by atoms with Crippen LogP contribution >= 0.6 is 0 Å². The van der Waals surface area contributed by atoms with Gasteiger partial charge in [-0.25, -0.2) is 13.9 Å². The van der Waals surface area contributed by atoms with Gasteiger partial charge in [-0.3, -0.25) is 0 Å². The van der Waals surface area contributed by atoms with Crippen molar-refractivity contribution >= 4 is 0 Å². The van der Waals surface area contributed by atoms with Gasteiger partial charge in [0.05, 0.1) is 0 Å². The van der Waals surface area contributed by atoms with Gasteiger partial charge < -0.3 is 4.74 Å². The van der Waals surface area contributed by atoms with Gasteiger partial charge in [-0.1, -0.05) is 0 Å². The number of hydrogen-bond acceptors (Lipinski definition) is 3. The van der Waals surface area contributed by atoms with E-state index in [-0.39, 0.29) is 0 Å². The number of halogens is 4. The zero-order valence-corrected chi connectivity index (χ0v) is 6.24. The van der Waals surface area contributed by atoms with E-state index in [9.17, 15) is 17.6 Å². The number of ether oxygens (including phenoxy) is 3. The van der Waals surface area contributed by atoms with Crippen molar-refractivity contribution in [3.63, 3.8) is 0 Å². The second-order valence-corrected chi connectivity index (χ2v) is 2.32. The Morgan fingerprint density at radius 2 is 1.58 bits per heavy atom. The summed E-state index contributed by atoms with van der Waals surface area (Å²) in [5.41, 5.74) is 0. The summed E-state index contributed by atoms with van der Waals surface area (Å²) in [7, 11) is 0.683. The molecule has 0 radical (unpaired) electrons. The van der Waals surface area contributed by atoms with Crippen molar-refractivity contribution in [2.75, 3.05) is 7.11 Å². The van der Waals surface area contributed by atoms with Gasteiger partial charge in [-0.15, -0.1) is 8.78 Å². The molecule has 0 saturated carbocycles. The molecule has 0 amide bonds. The lowest BCUT2D eigenvalue weighted by Crippen LogP contribution is -2.43. The molecule has 2 unspecified atom stereocenters. The van der Waals surface area contributed by atoms with E-state index in [1.165, 1.54) is 0 Å². The Hall–Kier alpha value is -0.400. The van der Waals surface area contributed by atoms with Crippen molar-refractivity contribution in [3.8, 4) is 0 Å². The molecular formula is C5H6F4O3. The van der Waals surface area contributed by atoms with Crippen LogP contribution in [0.2, 0.25) is 0 Å². The molecule has 1 aliphatic rings. The third kappa shape index (κ3) is 1.27. The number of hydrogen-bond donors (Lipinski definition) is 0.